The molecule has 11 nitrogen and oxygen atoms in total. The number of aromatic amines is 2. The zero-order chi connectivity index (χ0) is 47.0. The number of Topliss-reactive ketones (excluding diaryl/α,β-unsaturated/α-hetero) is 3. The Morgan fingerprint density at radius 2 is 1.14 bits per heavy atom. The van der Waals surface area contributed by atoms with Gasteiger partial charge in [0, 0.05) is 136 Å². The van der Waals surface area contributed by atoms with Gasteiger partial charge in [-0.2, -0.15) is 0 Å². The number of aromatic nitrogens is 2. The quantitative estimate of drug-likeness (QED) is 0.0449. The molecular formula is C51H76N6O5W2. The van der Waals surface area contributed by atoms with Crippen LogP contribution in [0, 0.1) is 22.7 Å². The largest absolute Gasteiger partial charge is 0.370 e. The average molecular weight is 1220 g/mol. The van der Waals surface area contributed by atoms with Gasteiger partial charge in [0.25, 0.3) is 0 Å². The van der Waals surface area contributed by atoms with Crippen LogP contribution in [-0.4, -0.2) is 62.8 Å². The molecule has 0 spiro atoms. The van der Waals surface area contributed by atoms with Crippen molar-refractivity contribution in [2.24, 2.45) is 34.1 Å². The van der Waals surface area contributed by atoms with Crippen LogP contribution in [0.25, 0.3) is 21.8 Å². The number of amides is 2. The summed E-state index contributed by atoms with van der Waals surface area (Å²) in [5.74, 6) is -1.23. The second kappa shape index (κ2) is 27.7. The van der Waals surface area contributed by atoms with Crippen LogP contribution in [0.3, 0.4) is 0 Å². The second-order valence-corrected chi connectivity index (χ2v) is 19.2. The summed E-state index contributed by atoms with van der Waals surface area (Å²) in [6, 6.07) is 16.4. The summed E-state index contributed by atoms with van der Waals surface area (Å²) in [6.45, 7) is 27.4. The molecule has 4 atom stereocenters. The monoisotopic (exact) mass is 1220 g/mol. The predicted octanol–water partition coefficient (Wildman–Crippen LogP) is 8.85. The normalized spacial score (nSPS) is 14.0. The number of allylic oxidation sites excluding steroid dienone is 1. The first-order valence-electron chi connectivity index (χ1n) is 21.9. The van der Waals surface area contributed by atoms with Gasteiger partial charge in [0.1, 0.15) is 11.6 Å². The van der Waals surface area contributed by atoms with Crippen LogP contribution in [0.15, 0.2) is 86.2 Å². The number of nitrogens with two attached hydrogens (primary N) is 2. The fourth-order valence-corrected chi connectivity index (χ4v) is 7.76. The minimum absolute atomic E-state index is 0. The Morgan fingerprint density at radius 3 is 1.58 bits per heavy atom. The van der Waals surface area contributed by atoms with E-state index >= 15 is 0 Å². The van der Waals surface area contributed by atoms with Gasteiger partial charge in [0.15, 0.2) is 5.78 Å². The fraction of sp³-hybridized carbons (Fsp3) is 0.510. The van der Waals surface area contributed by atoms with Gasteiger partial charge in [0.05, 0.1) is 5.54 Å². The molecular weight excluding hydrogens is 1140 g/mol. The zero-order valence-electron chi connectivity index (χ0n) is 40.2. The summed E-state index contributed by atoms with van der Waals surface area (Å²) in [6.07, 6.45) is 10.6. The number of H-pyrrole nitrogens is 2. The average Bonchev–Trinajstić information content (AvgIpc) is 3.80. The molecule has 0 bridgehead atoms. The molecule has 0 radical (unpaired) electrons. The smallest absolute Gasteiger partial charge is 0.217 e. The van der Waals surface area contributed by atoms with Crippen LogP contribution in [0.2, 0.25) is 0 Å². The molecule has 8 N–H and O–H groups in total. The number of rotatable bonds is 21. The molecule has 0 aliphatic carbocycles. The Kier molecular flexibility index (Phi) is 26.0. The SMILES string of the molecule is C=C.CC(C)N[C@@](C)(CCC(N)=O)C(=O)C[C@@H](Cc1c[nH]c2ccccc12)C(=O)C(C)(C)C.CC(C)N[C@H](/C=C/[C@@H](Cc1c[nH]c2ccccc12)C(=O)C(C)(C)C)CCC(N)=O.[W].[W]. The Bertz CT molecular complexity index is 2130. The number of benzene rings is 2. The number of carbonyl (C=O) groups excluding carboxylic acids is 5. The van der Waals surface area contributed by atoms with E-state index in [-0.39, 0.29) is 102 Å². The number of carbonyl (C=O) groups is 5. The van der Waals surface area contributed by atoms with Gasteiger partial charge in [-0.05, 0) is 69.7 Å². The maximum atomic E-state index is 13.5. The van der Waals surface area contributed by atoms with Crippen LogP contribution >= 0.6 is 0 Å². The van der Waals surface area contributed by atoms with E-state index in [0.29, 0.717) is 32.1 Å². The topological polar surface area (TPSA) is 193 Å². The Morgan fingerprint density at radius 1 is 0.672 bits per heavy atom. The molecule has 0 aliphatic rings. The molecule has 0 unspecified atom stereocenters. The van der Waals surface area contributed by atoms with Crippen LogP contribution in [0.5, 0.6) is 0 Å². The van der Waals surface area contributed by atoms with Crippen LogP contribution in [0.1, 0.15) is 119 Å². The summed E-state index contributed by atoms with van der Waals surface area (Å²) in [7, 11) is 0. The Hall–Kier alpha value is -3.75. The molecule has 4 rings (SSSR count). The maximum absolute atomic E-state index is 13.5. The molecule has 0 fully saturated rings. The summed E-state index contributed by atoms with van der Waals surface area (Å²) < 4.78 is 0. The molecule has 352 valence electrons. The van der Waals surface area contributed by atoms with Crippen molar-refractivity contribution >= 4 is 51.0 Å². The molecule has 0 saturated carbocycles. The van der Waals surface area contributed by atoms with Crippen molar-refractivity contribution in [2.75, 3.05) is 0 Å². The number of para-hydroxylation sites is 2. The van der Waals surface area contributed by atoms with Crippen molar-refractivity contribution in [1.29, 1.82) is 0 Å². The number of hydrogen-bond donors (Lipinski definition) is 6. The zero-order valence-corrected chi connectivity index (χ0v) is 46.1. The standard InChI is InChI=1S/C25H37N3O3.C24H35N3O2.C2H4.2W/c1-16(2)28-25(6,12-11-22(26)30)21(29)14-17(23(31)24(3,4)5)13-18-15-27-20-10-8-7-9-19(18)20;1-16(2)27-19(12-13-22(25)28)11-10-17(23(29)24(3,4)5)14-18-15-26-21-9-7-6-8-20(18)21;1-2;;/h7-10,15-17,27-28H,11-14H2,1-6H3,(H2,26,30);6-11,15-17,19,26-27H,12-14H2,1-5H3,(H2,25,28);1-2H2;;/b;11-10+;;;/t17-,25+;17-,19+;;;/m10.../s1. The van der Waals surface area contributed by atoms with Crippen molar-refractivity contribution in [2.45, 2.75) is 145 Å². The van der Waals surface area contributed by atoms with Gasteiger partial charge >= 0.3 is 0 Å². The molecule has 64 heavy (non-hydrogen) atoms. The molecule has 4 aromatic rings. The van der Waals surface area contributed by atoms with E-state index in [4.69, 9.17) is 11.5 Å². The van der Waals surface area contributed by atoms with Gasteiger partial charge in [0.2, 0.25) is 11.8 Å². The van der Waals surface area contributed by atoms with Gasteiger partial charge in [-0.25, -0.2) is 0 Å². The van der Waals surface area contributed by atoms with Crippen molar-refractivity contribution in [3.8, 4) is 0 Å². The van der Waals surface area contributed by atoms with E-state index < -0.39 is 28.2 Å². The first-order valence-corrected chi connectivity index (χ1v) is 21.9. The summed E-state index contributed by atoms with van der Waals surface area (Å²) in [5.41, 5.74) is 13.0. The first-order chi connectivity index (χ1) is 28.9. The molecule has 2 aromatic heterocycles. The first kappa shape index (κ1) is 60.2. The predicted molar refractivity (Wildman–Crippen MR) is 256 cm³/mol. The fourth-order valence-electron chi connectivity index (χ4n) is 7.76. The van der Waals surface area contributed by atoms with Crippen molar-refractivity contribution in [1.82, 2.24) is 20.6 Å². The minimum atomic E-state index is -0.917. The molecule has 13 heteroatoms. The van der Waals surface area contributed by atoms with E-state index in [2.05, 4.69) is 53.7 Å². The van der Waals surface area contributed by atoms with E-state index in [1.165, 1.54) is 0 Å². The third-order valence-electron chi connectivity index (χ3n) is 10.8. The summed E-state index contributed by atoms with van der Waals surface area (Å²) in [5, 5.41) is 8.97. The van der Waals surface area contributed by atoms with Crippen LogP contribution < -0.4 is 22.1 Å². The summed E-state index contributed by atoms with van der Waals surface area (Å²) in [4.78, 5) is 69.1. The van der Waals surface area contributed by atoms with Crippen molar-refractivity contribution in [3.05, 3.63) is 97.4 Å². The number of primary amides is 2. The summed E-state index contributed by atoms with van der Waals surface area (Å²) >= 11 is 0. The van der Waals surface area contributed by atoms with Gasteiger partial charge in [-0.1, -0.05) is 104 Å². The van der Waals surface area contributed by atoms with E-state index in [0.717, 1.165) is 32.9 Å². The van der Waals surface area contributed by atoms with Gasteiger partial charge in [-0.3, -0.25) is 24.0 Å². The van der Waals surface area contributed by atoms with Gasteiger partial charge in [-0.15, -0.1) is 13.2 Å². The number of nitrogens with one attached hydrogen (secondary N) is 4. The molecule has 2 aromatic carbocycles. The molecule has 2 amide bonds. The maximum Gasteiger partial charge on any atom is 0.217 e. The third kappa shape index (κ3) is 19.4. The van der Waals surface area contributed by atoms with Crippen molar-refractivity contribution in [3.63, 3.8) is 0 Å². The minimum Gasteiger partial charge on any atom is -0.370 e. The van der Waals surface area contributed by atoms with E-state index in [1.54, 1.807) is 0 Å². The Balaban J connectivity index is 0.00000116. The van der Waals surface area contributed by atoms with Gasteiger partial charge < -0.3 is 32.1 Å². The number of fused-ring (bicyclic) bond motifs is 2. The van der Waals surface area contributed by atoms with Crippen LogP contribution in [0.4, 0.5) is 0 Å². The van der Waals surface area contributed by atoms with E-state index in [1.807, 2.05) is 129 Å². The third-order valence-corrected chi connectivity index (χ3v) is 10.8. The van der Waals surface area contributed by atoms with E-state index in [9.17, 15) is 24.0 Å². The van der Waals surface area contributed by atoms with Crippen LogP contribution in [-0.2, 0) is 78.9 Å². The number of hydrogen-bond acceptors (Lipinski definition) is 7. The number of ketones is 3. The molecule has 0 saturated heterocycles. The van der Waals surface area contributed by atoms with Crippen molar-refractivity contribution < 1.29 is 66.1 Å². The Labute approximate surface area is 411 Å². The molecule has 0 aliphatic heterocycles. The second-order valence-electron chi connectivity index (χ2n) is 19.2. The molecule has 2 heterocycles.